The Morgan fingerprint density at radius 2 is 1.57 bits per heavy atom. The third-order valence-electron chi connectivity index (χ3n) is 4.29. The Morgan fingerprint density at radius 3 is 2.04 bits per heavy atom. The summed E-state index contributed by atoms with van der Waals surface area (Å²) in [6.07, 6.45) is 2.98. The molecule has 28 heavy (non-hydrogen) atoms. The number of rotatable bonds is 8. The molecule has 1 aliphatic rings. The lowest BCUT2D eigenvalue weighted by Gasteiger charge is -2.30. The predicted octanol–water partition coefficient (Wildman–Crippen LogP) is 3.39. The first kappa shape index (κ1) is 21.0. The number of hydrogen-bond acceptors (Lipinski definition) is 6. The molecule has 0 saturated carbocycles. The quantitative estimate of drug-likeness (QED) is 0.548. The number of allylic oxidation sites excluding steroid dienone is 2. The number of benzene rings is 1. The van der Waals surface area contributed by atoms with Crippen molar-refractivity contribution in [1.82, 2.24) is 5.32 Å². The summed E-state index contributed by atoms with van der Waals surface area (Å²) in [6.45, 7) is 10.8. The summed E-state index contributed by atoms with van der Waals surface area (Å²) in [6, 6.07) is 7.22. The molecule has 0 spiro atoms. The summed E-state index contributed by atoms with van der Waals surface area (Å²) in [7, 11) is 1.56. The van der Waals surface area contributed by atoms with Crippen LogP contribution in [0.15, 0.2) is 72.1 Å². The fraction of sp³-hybridized carbons (Fsp3) is 0.273. The van der Waals surface area contributed by atoms with Crippen molar-refractivity contribution < 1.29 is 23.8 Å². The van der Waals surface area contributed by atoms with Crippen LogP contribution in [-0.4, -0.2) is 32.3 Å². The molecule has 6 nitrogen and oxygen atoms in total. The largest absolute Gasteiger partial charge is 0.497 e. The number of hydrogen-bond donors (Lipinski definition) is 1. The van der Waals surface area contributed by atoms with Gasteiger partial charge < -0.3 is 19.5 Å². The highest BCUT2D eigenvalue weighted by molar-refractivity contribution is 6.00. The van der Waals surface area contributed by atoms with Crippen LogP contribution in [-0.2, 0) is 19.1 Å². The fourth-order valence-corrected chi connectivity index (χ4v) is 3.11. The van der Waals surface area contributed by atoms with Gasteiger partial charge in [-0.15, -0.1) is 0 Å². The van der Waals surface area contributed by atoms with E-state index in [0.29, 0.717) is 28.3 Å². The van der Waals surface area contributed by atoms with Crippen LogP contribution in [0.1, 0.15) is 25.3 Å². The van der Waals surface area contributed by atoms with Gasteiger partial charge in [-0.1, -0.05) is 37.4 Å². The molecule has 6 heteroatoms. The monoisotopic (exact) mass is 383 g/mol. The molecule has 1 N–H and O–H groups in total. The normalized spacial score (nSPS) is 14.2. The third kappa shape index (κ3) is 4.52. The van der Waals surface area contributed by atoms with E-state index >= 15 is 0 Å². The highest BCUT2D eigenvalue weighted by Gasteiger charge is 2.38. The topological polar surface area (TPSA) is 73.9 Å². The highest BCUT2D eigenvalue weighted by atomic mass is 16.5. The zero-order chi connectivity index (χ0) is 20.7. The summed E-state index contributed by atoms with van der Waals surface area (Å²) in [5.41, 5.74) is 2.62. The average Bonchev–Trinajstić information content (AvgIpc) is 2.69. The van der Waals surface area contributed by atoms with Gasteiger partial charge in [0.15, 0.2) is 0 Å². The lowest BCUT2D eigenvalue weighted by atomic mass is 9.80. The van der Waals surface area contributed by atoms with Crippen molar-refractivity contribution in [2.75, 3.05) is 20.3 Å². The summed E-state index contributed by atoms with van der Waals surface area (Å²) in [5, 5.41) is 3.10. The fourth-order valence-electron chi connectivity index (χ4n) is 3.11. The molecular formula is C22H25NO5. The second-order valence-corrected chi connectivity index (χ2v) is 6.19. The molecule has 0 saturated heterocycles. The first-order chi connectivity index (χ1) is 13.4. The standard InChI is InChI=1S/C22H25NO5/c1-6-11-27-21(24)18-14(3)23-15(4)19(22(25)28-12-7-2)20(18)16-9-8-10-17(13-16)26-5/h6-10,13,20,23H,1-2,11-12H2,3-5H3. The van der Waals surface area contributed by atoms with Crippen LogP contribution in [0.3, 0.4) is 0 Å². The minimum Gasteiger partial charge on any atom is -0.497 e. The van der Waals surface area contributed by atoms with E-state index in [1.54, 1.807) is 39.2 Å². The Labute approximate surface area is 165 Å². The van der Waals surface area contributed by atoms with Gasteiger partial charge in [-0.2, -0.15) is 0 Å². The first-order valence-corrected chi connectivity index (χ1v) is 8.83. The number of nitrogens with one attached hydrogen (secondary N) is 1. The summed E-state index contributed by atoms with van der Waals surface area (Å²) < 4.78 is 15.9. The van der Waals surface area contributed by atoms with Crippen molar-refractivity contribution in [3.05, 3.63) is 77.7 Å². The Hall–Kier alpha value is -3.28. The number of dihydropyridines is 1. The summed E-state index contributed by atoms with van der Waals surface area (Å²) in [5.74, 6) is -1.10. The molecule has 1 aliphatic heterocycles. The Morgan fingerprint density at radius 1 is 1.04 bits per heavy atom. The van der Waals surface area contributed by atoms with E-state index in [4.69, 9.17) is 14.2 Å². The SMILES string of the molecule is C=CCOC(=O)C1=C(C)NC(C)=C(C(=O)OCC=C)C1c1cccc(OC)c1. The Bertz CT molecular complexity index is 804. The predicted molar refractivity (Wildman–Crippen MR) is 107 cm³/mol. The molecule has 0 unspecified atom stereocenters. The molecule has 0 fully saturated rings. The zero-order valence-electron chi connectivity index (χ0n) is 16.4. The first-order valence-electron chi connectivity index (χ1n) is 8.83. The summed E-state index contributed by atoms with van der Waals surface area (Å²) >= 11 is 0. The zero-order valence-corrected chi connectivity index (χ0v) is 16.4. The van der Waals surface area contributed by atoms with Crippen LogP contribution < -0.4 is 10.1 Å². The molecule has 1 aromatic rings. The van der Waals surface area contributed by atoms with E-state index in [1.165, 1.54) is 12.2 Å². The maximum absolute atomic E-state index is 12.8. The number of esters is 2. The third-order valence-corrected chi connectivity index (χ3v) is 4.29. The van der Waals surface area contributed by atoms with E-state index in [1.807, 2.05) is 6.07 Å². The van der Waals surface area contributed by atoms with Crippen molar-refractivity contribution in [2.24, 2.45) is 0 Å². The molecule has 148 valence electrons. The number of methoxy groups -OCH3 is 1. The van der Waals surface area contributed by atoms with Gasteiger partial charge in [-0.25, -0.2) is 9.59 Å². The van der Waals surface area contributed by atoms with Crippen molar-refractivity contribution in [3.63, 3.8) is 0 Å². The molecular weight excluding hydrogens is 358 g/mol. The maximum Gasteiger partial charge on any atom is 0.337 e. The second kappa shape index (κ2) is 9.60. The molecule has 1 heterocycles. The number of carbonyl (C=O) groups is 2. The van der Waals surface area contributed by atoms with Gasteiger partial charge in [0.2, 0.25) is 0 Å². The van der Waals surface area contributed by atoms with Gasteiger partial charge in [0.05, 0.1) is 24.2 Å². The molecule has 0 radical (unpaired) electrons. The molecule has 2 rings (SSSR count). The van der Waals surface area contributed by atoms with Gasteiger partial charge in [0.1, 0.15) is 19.0 Å². The number of carbonyl (C=O) groups excluding carboxylic acids is 2. The van der Waals surface area contributed by atoms with Crippen molar-refractivity contribution in [2.45, 2.75) is 19.8 Å². The van der Waals surface area contributed by atoms with E-state index in [2.05, 4.69) is 18.5 Å². The maximum atomic E-state index is 12.8. The molecule has 0 aromatic heterocycles. The second-order valence-electron chi connectivity index (χ2n) is 6.19. The van der Waals surface area contributed by atoms with Crippen LogP contribution >= 0.6 is 0 Å². The van der Waals surface area contributed by atoms with E-state index in [9.17, 15) is 9.59 Å². The van der Waals surface area contributed by atoms with Crippen LogP contribution in [0.5, 0.6) is 5.75 Å². The lowest BCUT2D eigenvalue weighted by molar-refractivity contribution is -0.138. The molecule has 0 atom stereocenters. The smallest absolute Gasteiger partial charge is 0.337 e. The van der Waals surface area contributed by atoms with Crippen LogP contribution in [0, 0.1) is 0 Å². The average molecular weight is 383 g/mol. The van der Waals surface area contributed by atoms with Gasteiger partial charge in [-0.05, 0) is 31.5 Å². The lowest BCUT2D eigenvalue weighted by Crippen LogP contribution is -2.32. The van der Waals surface area contributed by atoms with Gasteiger partial charge in [-0.3, -0.25) is 0 Å². The van der Waals surface area contributed by atoms with Crippen LogP contribution in [0.2, 0.25) is 0 Å². The number of ether oxygens (including phenoxy) is 3. The van der Waals surface area contributed by atoms with Gasteiger partial charge >= 0.3 is 11.9 Å². The minimum absolute atomic E-state index is 0.0688. The van der Waals surface area contributed by atoms with Crippen LogP contribution in [0.25, 0.3) is 0 Å². The molecule has 0 bridgehead atoms. The van der Waals surface area contributed by atoms with Crippen molar-refractivity contribution in [3.8, 4) is 5.75 Å². The molecule has 0 amide bonds. The van der Waals surface area contributed by atoms with Gasteiger partial charge in [0, 0.05) is 11.4 Å². The highest BCUT2D eigenvalue weighted by Crippen LogP contribution is 2.40. The summed E-state index contributed by atoms with van der Waals surface area (Å²) in [4.78, 5) is 25.6. The molecule has 0 aliphatic carbocycles. The minimum atomic E-state index is -0.661. The van der Waals surface area contributed by atoms with E-state index in [0.717, 1.165) is 5.56 Å². The molecule has 1 aromatic carbocycles. The van der Waals surface area contributed by atoms with Crippen molar-refractivity contribution >= 4 is 11.9 Å². The van der Waals surface area contributed by atoms with E-state index < -0.39 is 17.9 Å². The van der Waals surface area contributed by atoms with E-state index in [-0.39, 0.29) is 13.2 Å². The van der Waals surface area contributed by atoms with Gasteiger partial charge in [0.25, 0.3) is 0 Å². The van der Waals surface area contributed by atoms with Crippen LogP contribution in [0.4, 0.5) is 0 Å². The van der Waals surface area contributed by atoms with Crippen molar-refractivity contribution in [1.29, 1.82) is 0 Å². The Kier molecular flexibility index (Phi) is 7.21. The Balaban J connectivity index is 2.60.